The number of rotatable bonds is 3. The highest BCUT2D eigenvalue weighted by molar-refractivity contribution is 5.98. The Morgan fingerprint density at radius 1 is 0.969 bits per heavy atom. The Morgan fingerprint density at radius 2 is 1.81 bits per heavy atom. The van der Waals surface area contributed by atoms with Crippen molar-refractivity contribution in [3.8, 4) is 5.75 Å². The molecule has 0 aliphatic carbocycles. The van der Waals surface area contributed by atoms with E-state index in [-0.39, 0.29) is 11.8 Å². The monoisotopic (exact) mass is 432 g/mol. The van der Waals surface area contributed by atoms with Crippen LogP contribution in [0.1, 0.15) is 28.4 Å². The Bertz CT molecular complexity index is 1150. The molecule has 2 aromatic carbocycles. The Labute approximate surface area is 187 Å². The predicted octanol–water partition coefficient (Wildman–Crippen LogP) is 2.87. The molecule has 1 N–H and O–H groups in total. The molecule has 2 aliphatic heterocycles. The number of amides is 2. The third-order valence-electron chi connectivity index (χ3n) is 6.42. The zero-order valence-corrected chi connectivity index (χ0v) is 18.3. The third-order valence-corrected chi connectivity index (χ3v) is 6.42. The van der Waals surface area contributed by atoms with Crippen LogP contribution < -0.4 is 4.74 Å². The number of H-pyrrole nitrogens is 1. The summed E-state index contributed by atoms with van der Waals surface area (Å²) in [5, 5.41) is 1.04. The first-order chi connectivity index (χ1) is 15.6. The van der Waals surface area contributed by atoms with Crippen LogP contribution in [0.15, 0.2) is 48.7 Å². The van der Waals surface area contributed by atoms with Crippen molar-refractivity contribution in [3.63, 3.8) is 0 Å². The Kier molecular flexibility index (Phi) is 5.57. The van der Waals surface area contributed by atoms with Crippen molar-refractivity contribution in [3.05, 3.63) is 65.4 Å². The van der Waals surface area contributed by atoms with E-state index in [2.05, 4.69) is 22.0 Å². The van der Waals surface area contributed by atoms with Gasteiger partial charge in [-0.05, 0) is 42.0 Å². The van der Waals surface area contributed by atoms with Crippen LogP contribution in [0.4, 0.5) is 0 Å². The van der Waals surface area contributed by atoms with Gasteiger partial charge < -0.3 is 19.5 Å². The van der Waals surface area contributed by atoms with Crippen LogP contribution in [0.25, 0.3) is 10.9 Å². The molecule has 0 spiro atoms. The summed E-state index contributed by atoms with van der Waals surface area (Å²) in [6, 6.07) is 14.0. The van der Waals surface area contributed by atoms with Gasteiger partial charge in [0.1, 0.15) is 12.4 Å². The molecule has 5 rings (SSSR count). The largest absolute Gasteiger partial charge is 0.491 e. The van der Waals surface area contributed by atoms with E-state index >= 15 is 0 Å². The van der Waals surface area contributed by atoms with Gasteiger partial charge in [-0.2, -0.15) is 0 Å². The lowest BCUT2D eigenvalue weighted by molar-refractivity contribution is -0.130. The fraction of sp³-hybridized carbons (Fsp3) is 0.360. The molecule has 166 valence electrons. The van der Waals surface area contributed by atoms with Gasteiger partial charge in [-0.25, -0.2) is 0 Å². The van der Waals surface area contributed by atoms with Crippen LogP contribution >= 0.6 is 0 Å². The lowest BCUT2D eigenvalue weighted by atomic mass is 10.1. The number of carbonyl (C=O) groups is 2. The molecule has 1 aromatic heterocycles. The van der Waals surface area contributed by atoms with Crippen molar-refractivity contribution in [2.45, 2.75) is 20.0 Å². The molecule has 0 unspecified atom stereocenters. The molecule has 7 heteroatoms. The molecule has 2 amide bonds. The second kappa shape index (κ2) is 8.67. The fourth-order valence-corrected chi connectivity index (χ4v) is 4.57. The number of nitrogens with zero attached hydrogens (tertiary/aromatic N) is 3. The molecule has 1 saturated heterocycles. The van der Waals surface area contributed by atoms with Crippen molar-refractivity contribution in [2.24, 2.45) is 0 Å². The summed E-state index contributed by atoms with van der Waals surface area (Å²) in [7, 11) is 0. The third kappa shape index (κ3) is 4.21. The van der Waals surface area contributed by atoms with Crippen molar-refractivity contribution in [1.29, 1.82) is 0 Å². The number of ether oxygens (including phenoxy) is 1. The lowest BCUT2D eigenvalue weighted by Gasteiger charge is -2.34. The van der Waals surface area contributed by atoms with Crippen LogP contribution in [-0.4, -0.2) is 70.8 Å². The number of aromatic nitrogens is 1. The van der Waals surface area contributed by atoms with Crippen LogP contribution in [0.5, 0.6) is 5.75 Å². The summed E-state index contributed by atoms with van der Waals surface area (Å²) in [6.45, 7) is 7.33. The van der Waals surface area contributed by atoms with E-state index in [0.29, 0.717) is 25.3 Å². The number of fused-ring (bicyclic) bond motifs is 2. The van der Waals surface area contributed by atoms with E-state index in [9.17, 15) is 9.59 Å². The zero-order valence-electron chi connectivity index (χ0n) is 18.3. The van der Waals surface area contributed by atoms with Crippen molar-refractivity contribution in [2.75, 3.05) is 39.3 Å². The van der Waals surface area contributed by atoms with E-state index < -0.39 is 0 Å². The van der Waals surface area contributed by atoms with Crippen molar-refractivity contribution >= 4 is 22.7 Å². The molecule has 0 bridgehead atoms. The lowest BCUT2D eigenvalue weighted by Crippen LogP contribution is -2.47. The minimum Gasteiger partial charge on any atom is -0.491 e. The highest BCUT2D eigenvalue weighted by Crippen LogP contribution is 2.26. The van der Waals surface area contributed by atoms with Crippen molar-refractivity contribution in [1.82, 2.24) is 19.7 Å². The normalized spacial score (nSPS) is 17.0. The van der Waals surface area contributed by atoms with Crippen LogP contribution in [0.3, 0.4) is 0 Å². The first-order valence-corrected chi connectivity index (χ1v) is 11.2. The Hall–Kier alpha value is -3.32. The summed E-state index contributed by atoms with van der Waals surface area (Å²) in [5.74, 6) is 1.02. The maximum atomic E-state index is 13.2. The Morgan fingerprint density at radius 3 is 2.62 bits per heavy atom. The topological polar surface area (TPSA) is 68.9 Å². The van der Waals surface area contributed by atoms with Gasteiger partial charge in [-0.3, -0.25) is 14.5 Å². The average molecular weight is 433 g/mol. The Balaban J connectivity index is 1.30. The summed E-state index contributed by atoms with van der Waals surface area (Å²) in [4.78, 5) is 34.1. The molecule has 1 fully saturated rings. The first-order valence-electron chi connectivity index (χ1n) is 11.2. The summed E-state index contributed by atoms with van der Waals surface area (Å²) in [5.41, 5.74) is 3.96. The minimum absolute atomic E-state index is 0.0234. The molecular weight excluding hydrogens is 404 g/mol. The van der Waals surface area contributed by atoms with Gasteiger partial charge in [0.2, 0.25) is 5.91 Å². The predicted molar refractivity (Wildman–Crippen MR) is 123 cm³/mol. The van der Waals surface area contributed by atoms with E-state index in [4.69, 9.17) is 4.74 Å². The van der Waals surface area contributed by atoms with Crippen LogP contribution in [0, 0.1) is 0 Å². The van der Waals surface area contributed by atoms with Gasteiger partial charge in [-0.1, -0.05) is 6.07 Å². The molecule has 7 nitrogen and oxygen atoms in total. The minimum atomic E-state index is 0.0234. The molecule has 0 atom stereocenters. The highest BCUT2D eigenvalue weighted by atomic mass is 16.5. The highest BCUT2D eigenvalue weighted by Gasteiger charge is 2.23. The number of nitrogens with one attached hydrogen (secondary N) is 1. The van der Waals surface area contributed by atoms with Crippen LogP contribution in [0.2, 0.25) is 0 Å². The van der Waals surface area contributed by atoms with E-state index in [1.165, 1.54) is 5.56 Å². The van der Waals surface area contributed by atoms with E-state index in [1.807, 2.05) is 46.3 Å². The molecule has 3 heterocycles. The number of hydrogen-bond donors (Lipinski definition) is 1. The summed E-state index contributed by atoms with van der Waals surface area (Å²) in [6.07, 6.45) is 1.89. The summed E-state index contributed by atoms with van der Waals surface area (Å²) >= 11 is 0. The van der Waals surface area contributed by atoms with Gasteiger partial charge in [0.15, 0.2) is 0 Å². The number of piperazine rings is 1. The molecule has 3 aromatic rings. The van der Waals surface area contributed by atoms with Gasteiger partial charge in [0, 0.05) is 74.4 Å². The quantitative estimate of drug-likeness (QED) is 0.691. The van der Waals surface area contributed by atoms with Gasteiger partial charge in [0.25, 0.3) is 5.91 Å². The molecule has 0 radical (unpaired) electrons. The number of benzene rings is 2. The zero-order chi connectivity index (χ0) is 22.1. The number of hydrogen-bond acceptors (Lipinski definition) is 4. The second-order valence-corrected chi connectivity index (χ2v) is 8.58. The maximum absolute atomic E-state index is 13.2. The van der Waals surface area contributed by atoms with Gasteiger partial charge in [0.05, 0.1) is 6.54 Å². The fourth-order valence-electron chi connectivity index (χ4n) is 4.57. The number of aromatic amines is 1. The smallest absolute Gasteiger partial charge is 0.254 e. The SMILES string of the molecule is CC(=O)N1CCN(Cc2ccc3c(c2)CN(C(=O)c2ccc4[nH]ccc4c2)CCO3)CC1. The van der Waals surface area contributed by atoms with E-state index in [0.717, 1.165) is 54.9 Å². The van der Waals surface area contributed by atoms with Crippen LogP contribution in [-0.2, 0) is 17.9 Å². The van der Waals surface area contributed by atoms with E-state index in [1.54, 1.807) is 6.92 Å². The maximum Gasteiger partial charge on any atom is 0.254 e. The molecule has 0 saturated carbocycles. The van der Waals surface area contributed by atoms with Gasteiger partial charge in [-0.15, -0.1) is 0 Å². The molecule has 2 aliphatic rings. The standard InChI is InChI=1S/C25H28N4O3/c1-18(30)28-10-8-27(9-11-28)16-19-2-5-24-22(14-19)17-29(12-13-32-24)25(31)21-3-4-23-20(15-21)6-7-26-23/h2-7,14-15,26H,8-13,16-17H2,1H3. The second-order valence-electron chi connectivity index (χ2n) is 8.58. The molecule has 32 heavy (non-hydrogen) atoms. The van der Waals surface area contributed by atoms with Crippen molar-refractivity contribution < 1.29 is 14.3 Å². The summed E-state index contributed by atoms with van der Waals surface area (Å²) < 4.78 is 5.95. The average Bonchev–Trinajstić information content (AvgIpc) is 3.17. The number of carbonyl (C=O) groups excluding carboxylic acids is 2. The first kappa shape index (κ1) is 20.6. The van der Waals surface area contributed by atoms with Gasteiger partial charge >= 0.3 is 0 Å². The molecular formula is C25H28N4O3.